The molecule has 0 spiro atoms. The van der Waals surface area contributed by atoms with Crippen molar-refractivity contribution in [2.45, 2.75) is 70.3 Å². The smallest absolute Gasteiger partial charge is 0.303 e. The largest absolute Gasteiger partial charge is 0.481 e. The maximum atomic E-state index is 12.7. The Morgan fingerprint density at radius 2 is 1.88 bits per heavy atom. The lowest BCUT2D eigenvalue weighted by Crippen LogP contribution is -2.37. The third-order valence-corrected chi connectivity index (χ3v) is 6.97. The molecule has 1 saturated carbocycles. The first-order valence-corrected chi connectivity index (χ1v) is 10.5. The summed E-state index contributed by atoms with van der Waals surface area (Å²) in [4.78, 5) is 28.8. The van der Waals surface area contributed by atoms with Crippen molar-refractivity contribution in [2.24, 2.45) is 5.92 Å². The van der Waals surface area contributed by atoms with E-state index in [1.54, 1.807) is 11.3 Å². The van der Waals surface area contributed by atoms with Crippen molar-refractivity contribution in [2.75, 3.05) is 13.1 Å². The van der Waals surface area contributed by atoms with Gasteiger partial charge < -0.3 is 15.7 Å². The molecule has 1 aliphatic carbocycles. The van der Waals surface area contributed by atoms with E-state index in [1.807, 2.05) is 6.92 Å². The Bertz CT molecular complexity index is 632. The number of carbonyl (C=O) groups excluding carboxylic acids is 1. The summed E-state index contributed by atoms with van der Waals surface area (Å²) in [6, 6.07) is 0.201. The van der Waals surface area contributed by atoms with Crippen LogP contribution in [0.1, 0.15) is 77.7 Å². The zero-order valence-corrected chi connectivity index (χ0v) is 16.2. The summed E-state index contributed by atoms with van der Waals surface area (Å²) in [7, 11) is 0. The number of hydrogen-bond acceptors (Lipinski definition) is 5. The molecular formula is C19H29N3O3S. The van der Waals surface area contributed by atoms with Crippen LogP contribution in [0.2, 0.25) is 0 Å². The van der Waals surface area contributed by atoms with Crippen molar-refractivity contribution < 1.29 is 14.7 Å². The Kier molecular flexibility index (Phi) is 6.64. The molecule has 1 amide bonds. The van der Waals surface area contributed by atoms with Crippen LogP contribution in [0.15, 0.2) is 0 Å². The number of rotatable bonds is 6. The number of hydrogen-bond donors (Lipinski definition) is 3. The average Bonchev–Trinajstić information content (AvgIpc) is 3.04. The maximum Gasteiger partial charge on any atom is 0.303 e. The Morgan fingerprint density at radius 3 is 2.54 bits per heavy atom. The molecule has 2 fully saturated rings. The van der Waals surface area contributed by atoms with Crippen molar-refractivity contribution in [3.05, 3.63) is 15.6 Å². The molecule has 6 nitrogen and oxygen atoms in total. The topological polar surface area (TPSA) is 91.3 Å². The predicted octanol–water partition coefficient (Wildman–Crippen LogP) is 3.07. The van der Waals surface area contributed by atoms with E-state index < -0.39 is 5.97 Å². The highest BCUT2D eigenvalue weighted by molar-refractivity contribution is 7.13. The first kappa shape index (κ1) is 19.3. The predicted molar refractivity (Wildman–Crippen MR) is 102 cm³/mol. The molecule has 1 saturated heterocycles. The summed E-state index contributed by atoms with van der Waals surface area (Å²) in [6.45, 7) is 3.98. The number of nitrogens with one attached hydrogen (secondary N) is 2. The summed E-state index contributed by atoms with van der Waals surface area (Å²) < 4.78 is 0. The van der Waals surface area contributed by atoms with Crippen LogP contribution in [0.3, 0.4) is 0 Å². The molecule has 26 heavy (non-hydrogen) atoms. The Morgan fingerprint density at radius 1 is 1.19 bits per heavy atom. The van der Waals surface area contributed by atoms with E-state index in [1.165, 1.54) is 0 Å². The van der Waals surface area contributed by atoms with Crippen LogP contribution in [-0.4, -0.2) is 41.1 Å². The van der Waals surface area contributed by atoms with Crippen LogP contribution >= 0.6 is 11.3 Å². The summed E-state index contributed by atoms with van der Waals surface area (Å²) in [5.74, 6) is 0.252. The van der Waals surface area contributed by atoms with E-state index >= 15 is 0 Å². The SMILES string of the molecule is Cc1nc(C2CCNCC2)sc1C(=O)N[C@H]1CC[C@H](CCC(=O)O)CC1. The lowest BCUT2D eigenvalue weighted by Gasteiger charge is -2.28. The number of aryl methyl sites for hydroxylation is 1. The highest BCUT2D eigenvalue weighted by Gasteiger charge is 2.26. The van der Waals surface area contributed by atoms with E-state index in [0.717, 1.165) is 73.6 Å². The van der Waals surface area contributed by atoms with Gasteiger partial charge in [-0.15, -0.1) is 11.3 Å². The molecule has 2 aliphatic rings. The van der Waals surface area contributed by atoms with Gasteiger partial charge >= 0.3 is 5.97 Å². The van der Waals surface area contributed by atoms with E-state index in [4.69, 9.17) is 5.11 Å². The van der Waals surface area contributed by atoms with Gasteiger partial charge in [-0.1, -0.05) is 0 Å². The number of amides is 1. The van der Waals surface area contributed by atoms with Gasteiger partial charge in [0, 0.05) is 18.4 Å². The van der Waals surface area contributed by atoms with Crippen molar-refractivity contribution in [3.8, 4) is 0 Å². The Labute approximate surface area is 158 Å². The minimum atomic E-state index is -0.717. The zero-order chi connectivity index (χ0) is 18.5. The number of thiazole rings is 1. The van der Waals surface area contributed by atoms with E-state index in [-0.39, 0.29) is 18.4 Å². The highest BCUT2D eigenvalue weighted by Crippen LogP contribution is 2.32. The first-order valence-electron chi connectivity index (χ1n) is 9.73. The summed E-state index contributed by atoms with van der Waals surface area (Å²) >= 11 is 1.56. The fraction of sp³-hybridized carbons (Fsp3) is 0.737. The van der Waals surface area contributed by atoms with Crippen LogP contribution in [0.4, 0.5) is 0 Å². The third-order valence-electron chi connectivity index (χ3n) is 5.66. The molecular weight excluding hydrogens is 350 g/mol. The zero-order valence-electron chi connectivity index (χ0n) is 15.4. The van der Waals surface area contributed by atoms with Gasteiger partial charge in [-0.3, -0.25) is 9.59 Å². The van der Waals surface area contributed by atoms with Gasteiger partial charge in [-0.2, -0.15) is 0 Å². The second kappa shape index (κ2) is 8.95. The van der Waals surface area contributed by atoms with Gasteiger partial charge in [0.05, 0.1) is 10.7 Å². The second-order valence-electron chi connectivity index (χ2n) is 7.61. The minimum absolute atomic E-state index is 0.00849. The van der Waals surface area contributed by atoms with E-state index in [2.05, 4.69) is 15.6 Å². The van der Waals surface area contributed by atoms with Gasteiger partial charge in [-0.25, -0.2) is 4.98 Å². The van der Waals surface area contributed by atoms with Crippen molar-refractivity contribution in [1.29, 1.82) is 0 Å². The molecule has 7 heteroatoms. The molecule has 0 radical (unpaired) electrons. The van der Waals surface area contributed by atoms with Crippen molar-refractivity contribution in [3.63, 3.8) is 0 Å². The number of aromatic nitrogens is 1. The lowest BCUT2D eigenvalue weighted by molar-refractivity contribution is -0.137. The van der Waals surface area contributed by atoms with Gasteiger partial charge in [0.15, 0.2) is 0 Å². The average molecular weight is 380 g/mol. The van der Waals surface area contributed by atoms with Crippen molar-refractivity contribution >= 4 is 23.2 Å². The standard InChI is InChI=1S/C19H29N3O3S/c1-12-17(26-19(21-12)14-8-10-20-11-9-14)18(25)22-15-5-2-13(3-6-15)4-7-16(23)24/h13-15,20H,2-11H2,1H3,(H,22,25)(H,23,24)/t13-,15-. The van der Waals surface area contributed by atoms with Crippen LogP contribution in [0.5, 0.6) is 0 Å². The molecule has 0 aromatic carbocycles. The first-order chi connectivity index (χ1) is 12.5. The Balaban J connectivity index is 1.51. The van der Waals surface area contributed by atoms with Gasteiger partial charge in [0.2, 0.25) is 0 Å². The number of piperidine rings is 1. The van der Waals surface area contributed by atoms with Crippen LogP contribution in [-0.2, 0) is 4.79 Å². The highest BCUT2D eigenvalue weighted by atomic mass is 32.1. The van der Waals surface area contributed by atoms with Crippen molar-refractivity contribution in [1.82, 2.24) is 15.6 Å². The van der Waals surface area contributed by atoms with Gasteiger partial charge in [-0.05, 0) is 70.9 Å². The number of carbonyl (C=O) groups is 2. The fourth-order valence-corrected chi connectivity index (χ4v) is 5.18. The molecule has 0 unspecified atom stereocenters. The number of aliphatic carboxylic acids is 1. The Hall–Kier alpha value is -1.47. The molecule has 1 aromatic rings. The van der Waals surface area contributed by atoms with Crippen LogP contribution in [0, 0.1) is 12.8 Å². The van der Waals surface area contributed by atoms with Crippen LogP contribution in [0.25, 0.3) is 0 Å². The maximum absolute atomic E-state index is 12.7. The molecule has 1 aromatic heterocycles. The van der Waals surface area contributed by atoms with Crippen LogP contribution < -0.4 is 10.6 Å². The number of nitrogens with zero attached hydrogens (tertiary/aromatic N) is 1. The second-order valence-corrected chi connectivity index (χ2v) is 8.65. The molecule has 2 heterocycles. The monoisotopic (exact) mass is 379 g/mol. The molecule has 0 atom stereocenters. The number of carboxylic acid groups (broad SMARTS) is 1. The van der Waals surface area contributed by atoms with Gasteiger partial charge in [0.1, 0.15) is 4.88 Å². The lowest BCUT2D eigenvalue weighted by atomic mass is 9.83. The summed E-state index contributed by atoms with van der Waals surface area (Å²) in [5, 5.41) is 16.4. The molecule has 0 bridgehead atoms. The molecule has 3 N–H and O–H groups in total. The molecule has 1 aliphatic heterocycles. The minimum Gasteiger partial charge on any atom is -0.481 e. The quantitative estimate of drug-likeness (QED) is 0.706. The summed E-state index contributed by atoms with van der Waals surface area (Å²) in [6.07, 6.45) is 7.07. The third kappa shape index (κ3) is 5.04. The number of carboxylic acids is 1. The van der Waals surface area contributed by atoms with Gasteiger partial charge in [0.25, 0.3) is 5.91 Å². The van der Waals surface area contributed by atoms with E-state index in [0.29, 0.717) is 11.8 Å². The summed E-state index contributed by atoms with van der Waals surface area (Å²) in [5.41, 5.74) is 0.844. The normalized spacial score (nSPS) is 24.3. The molecule has 144 valence electrons. The molecule has 3 rings (SSSR count). The fourth-order valence-electron chi connectivity index (χ4n) is 4.05. The van der Waals surface area contributed by atoms with E-state index in [9.17, 15) is 9.59 Å².